The van der Waals surface area contributed by atoms with Gasteiger partial charge in [-0.3, -0.25) is 4.68 Å². The largest absolute Gasteiger partial charge is 0.310 e. The summed E-state index contributed by atoms with van der Waals surface area (Å²) in [6, 6.07) is 9.25. The number of fused-ring (bicyclic) bond motifs is 1. The van der Waals surface area contributed by atoms with Crippen LogP contribution < -0.4 is 5.32 Å². The van der Waals surface area contributed by atoms with E-state index in [1.807, 2.05) is 18.0 Å². The van der Waals surface area contributed by atoms with E-state index in [1.54, 1.807) is 0 Å². The van der Waals surface area contributed by atoms with E-state index in [4.69, 9.17) is 0 Å². The van der Waals surface area contributed by atoms with E-state index in [2.05, 4.69) is 59.4 Å². The number of benzene rings is 1. The fourth-order valence-corrected chi connectivity index (χ4v) is 3.77. The van der Waals surface area contributed by atoms with Crippen LogP contribution in [0.2, 0.25) is 0 Å². The average molecular weight is 287 g/mol. The highest BCUT2D eigenvalue weighted by Gasteiger charge is 2.23. The van der Waals surface area contributed by atoms with Crippen molar-refractivity contribution in [2.45, 2.75) is 43.8 Å². The van der Waals surface area contributed by atoms with Gasteiger partial charge in [0.25, 0.3) is 0 Å². The molecule has 3 rings (SSSR count). The second-order valence-corrected chi connectivity index (χ2v) is 6.71. The first-order chi connectivity index (χ1) is 9.72. The van der Waals surface area contributed by atoms with Gasteiger partial charge in [0.05, 0.1) is 6.20 Å². The Morgan fingerprint density at radius 2 is 2.25 bits per heavy atom. The molecule has 1 aromatic heterocycles. The summed E-state index contributed by atoms with van der Waals surface area (Å²) in [6.07, 6.45) is 4.14. The molecule has 0 radical (unpaired) electrons. The number of nitrogens with zero attached hydrogens (tertiary/aromatic N) is 2. The fourth-order valence-electron chi connectivity index (χ4n) is 2.53. The van der Waals surface area contributed by atoms with Crippen LogP contribution >= 0.6 is 11.8 Å². The van der Waals surface area contributed by atoms with Crippen LogP contribution in [-0.4, -0.2) is 21.6 Å². The second-order valence-electron chi connectivity index (χ2n) is 5.65. The normalized spacial score (nSPS) is 17.6. The van der Waals surface area contributed by atoms with Gasteiger partial charge in [-0.2, -0.15) is 5.10 Å². The van der Waals surface area contributed by atoms with Gasteiger partial charge in [0.2, 0.25) is 0 Å². The van der Waals surface area contributed by atoms with Crippen molar-refractivity contribution in [3.8, 4) is 0 Å². The van der Waals surface area contributed by atoms with Crippen molar-refractivity contribution in [1.82, 2.24) is 15.1 Å². The van der Waals surface area contributed by atoms with Gasteiger partial charge in [0.1, 0.15) is 0 Å². The van der Waals surface area contributed by atoms with E-state index in [-0.39, 0.29) is 0 Å². The summed E-state index contributed by atoms with van der Waals surface area (Å²) in [5.74, 6) is 1.75. The van der Waals surface area contributed by atoms with E-state index in [9.17, 15) is 0 Å². The van der Waals surface area contributed by atoms with Crippen LogP contribution in [0.4, 0.5) is 0 Å². The maximum atomic E-state index is 4.50. The zero-order chi connectivity index (χ0) is 13.9. The van der Waals surface area contributed by atoms with Crippen molar-refractivity contribution in [2.24, 2.45) is 0 Å². The lowest BCUT2D eigenvalue weighted by Gasteiger charge is -2.10. The number of thioether (sulfide) groups is 1. The first kappa shape index (κ1) is 13.7. The molecule has 0 bridgehead atoms. The van der Waals surface area contributed by atoms with Crippen molar-refractivity contribution in [3.63, 3.8) is 0 Å². The van der Waals surface area contributed by atoms with Crippen molar-refractivity contribution in [1.29, 1.82) is 0 Å². The summed E-state index contributed by atoms with van der Waals surface area (Å²) in [7, 11) is 0. The van der Waals surface area contributed by atoms with Crippen LogP contribution in [0.25, 0.3) is 0 Å². The van der Waals surface area contributed by atoms with Crippen molar-refractivity contribution in [2.75, 3.05) is 5.75 Å². The van der Waals surface area contributed by atoms with Crippen LogP contribution in [0, 0.1) is 0 Å². The molecule has 1 N–H and O–H groups in total. The minimum atomic E-state index is 0.511. The van der Waals surface area contributed by atoms with Gasteiger partial charge in [-0.15, -0.1) is 11.8 Å². The molecule has 0 amide bonds. The molecule has 106 valence electrons. The topological polar surface area (TPSA) is 29.9 Å². The van der Waals surface area contributed by atoms with Crippen LogP contribution in [-0.2, 0) is 13.1 Å². The predicted octanol–water partition coefficient (Wildman–Crippen LogP) is 3.27. The van der Waals surface area contributed by atoms with E-state index in [0.29, 0.717) is 12.0 Å². The van der Waals surface area contributed by atoms with Crippen LogP contribution in [0.5, 0.6) is 0 Å². The standard InChI is InChI=1S/C16H21N3S/c1-12(2)17-7-13-8-18-19(9-13)10-14-11-20-16-6-4-3-5-15(14)16/h3-6,8-9,12,14,17H,7,10-11H2,1-2H3. The third-order valence-corrected chi connectivity index (χ3v) is 4.86. The van der Waals surface area contributed by atoms with E-state index in [0.717, 1.165) is 13.1 Å². The van der Waals surface area contributed by atoms with Gasteiger partial charge < -0.3 is 5.32 Å². The number of aromatic nitrogens is 2. The highest BCUT2D eigenvalue weighted by atomic mass is 32.2. The SMILES string of the molecule is CC(C)NCc1cnn(CC2CSc3ccccc32)c1. The van der Waals surface area contributed by atoms with Gasteiger partial charge in [-0.05, 0) is 11.6 Å². The highest BCUT2D eigenvalue weighted by Crippen LogP contribution is 2.39. The molecule has 1 aromatic carbocycles. The molecule has 20 heavy (non-hydrogen) atoms. The maximum absolute atomic E-state index is 4.50. The molecular formula is C16H21N3S. The van der Waals surface area contributed by atoms with Gasteiger partial charge in [-0.1, -0.05) is 32.0 Å². The summed E-state index contributed by atoms with van der Waals surface area (Å²) >= 11 is 1.96. The zero-order valence-corrected chi connectivity index (χ0v) is 12.9. The average Bonchev–Trinajstić information content (AvgIpc) is 3.05. The molecule has 0 fully saturated rings. The smallest absolute Gasteiger partial charge is 0.0534 e. The molecule has 2 heterocycles. The molecule has 0 saturated heterocycles. The van der Waals surface area contributed by atoms with E-state index in [1.165, 1.54) is 21.8 Å². The van der Waals surface area contributed by atoms with Gasteiger partial charge in [0, 0.05) is 47.5 Å². The molecule has 0 spiro atoms. The molecule has 1 aliphatic rings. The summed E-state index contributed by atoms with van der Waals surface area (Å²) in [6.45, 7) is 6.20. The first-order valence-electron chi connectivity index (χ1n) is 7.19. The van der Waals surface area contributed by atoms with E-state index < -0.39 is 0 Å². The Hall–Kier alpha value is -1.26. The Labute approximate surface area is 124 Å². The summed E-state index contributed by atoms with van der Waals surface area (Å²) in [4.78, 5) is 1.44. The second kappa shape index (κ2) is 6.02. The number of nitrogens with one attached hydrogen (secondary N) is 1. The molecule has 1 aliphatic heterocycles. The predicted molar refractivity (Wildman–Crippen MR) is 84.1 cm³/mol. The van der Waals surface area contributed by atoms with Crippen LogP contribution in [0.3, 0.4) is 0 Å². The van der Waals surface area contributed by atoms with Gasteiger partial charge in [0.15, 0.2) is 0 Å². The van der Waals surface area contributed by atoms with Crippen molar-refractivity contribution < 1.29 is 0 Å². The quantitative estimate of drug-likeness (QED) is 0.915. The number of hydrogen-bond acceptors (Lipinski definition) is 3. The Morgan fingerprint density at radius 1 is 1.40 bits per heavy atom. The van der Waals surface area contributed by atoms with Crippen molar-refractivity contribution in [3.05, 3.63) is 47.8 Å². The molecule has 4 heteroatoms. The lowest BCUT2D eigenvalue weighted by Crippen LogP contribution is -2.21. The molecule has 1 atom stereocenters. The summed E-state index contributed by atoms with van der Waals surface area (Å²) in [5, 5.41) is 7.92. The Balaban J connectivity index is 1.64. The van der Waals surface area contributed by atoms with Gasteiger partial charge >= 0.3 is 0 Å². The summed E-state index contributed by atoms with van der Waals surface area (Å²) in [5.41, 5.74) is 2.74. The van der Waals surface area contributed by atoms with Crippen LogP contribution in [0.1, 0.15) is 30.9 Å². The lowest BCUT2D eigenvalue weighted by atomic mass is 10.0. The monoisotopic (exact) mass is 287 g/mol. The minimum Gasteiger partial charge on any atom is -0.310 e. The molecule has 3 nitrogen and oxygen atoms in total. The summed E-state index contributed by atoms with van der Waals surface area (Å²) < 4.78 is 2.09. The first-order valence-corrected chi connectivity index (χ1v) is 8.17. The Kier molecular flexibility index (Phi) is 4.13. The third-order valence-electron chi connectivity index (χ3n) is 3.61. The minimum absolute atomic E-state index is 0.511. The maximum Gasteiger partial charge on any atom is 0.0534 e. The molecule has 1 unspecified atom stereocenters. The molecular weight excluding hydrogens is 266 g/mol. The number of hydrogen-bond donors (Lipinski definition) is 1. The van der Waals surface area contributed by atoms with Gasteiger partial charge in [-0.25, -0.2) is 0 Å². The van der Waals surface area contributed by atoms with Crippen LogP contribution in [0.15, 0.2) is 41.6 Å². The highest BCUT2D eigenvalue weighted by molar-refractivity contribution is 7.99. The molecule has 0 aliphatic carbocycles. The Bertz CT molecular complexity index is 577. The zero-order valence-electron chi connectivity index (χ0n) is 12.0. The third kappa shape index (κ3) is 3.07. The molecule has 0 saturated carbocycles. The van der Waals surface area contributed by atoms with Crippen molar-refractivity contribution >= 4 is 11.8 Å². The van der Waals surface area contributed by atoms with E-state index >= 15 is 0 Å². The molecule has 2 aromatic rings. The Morgan fingerprint density at radius 3 is 3.10 bits per heavy atom. The number of rotatable bonds is 5. The lowest BCUT2D eigenvalue weighted by molar-refractivity contribution is 0.547. The fraction of sp³-hybridized carbons (Fsp3) is 0.438.